The molecule has 0 aliphatic rings. The van der Waals surface area contributed by atoms with Crippen molar-refractivity contribution in [3.63, 3.8) is 0 Å². The van der Waals surface area contributed by atoms with Crippen LogP contribution >= 0.6 is 0 Å². The van der Waals surface area contributed by atoms with E-state index in [1.54, 1.807) is 24.3 Å². The van der Waals surface area contributed by atoms with Gasteiger partial charge in [0, 0.05) is 12.6 Å². The highest BCUT2D eigenvalue weighted by Gasteiger charge is 2.15. The fourth-order valence-electron chi connectivity index (χ4n) is 1.65. The average molecular weight is 321 g/mol. The Labute approximate surface area is 136 Å². The van der Waals surface area contributed by atoms with E-state index in [1.165, 1.54) is 6.08 Å². The number of carboxylic acids is 1. The first kappa shape index (κ1) is 18.7. The second-order valence-electron chi connectivity index (χ2n) is 5.85. The van der Waals surface area contributed by atoms with E-state index in [4.69, 9.17) is 14.6 Å². The Morgan fingerprint density at radius 1 is 1.22 bits per heavy atom. The lowest BCUT2D eigenvalue weighted by Crippen LogP contribution is -2.33. The third kappa shape index (κ3) is 9.31. The summed E-state index contributed by atoms with van der Waals surface area (Å²) in [5, 5.41) is 11.5. The first-order valence-corrected chi connectivity index (χ1v) is 7.33. The fourth-order valence-corrected chi connectivity index (χ4v) is 1.65. The molecule has 0 aliphatic carbocycles. The van der Waals surface area contributed by atoms with E-state index >= 15 is 0 Å². The summed E-state index contributed by atoms with van der Waals surface area (Å²) in [7, 11) is 0. The van der Waals surface area contributed by atoms with E-state index in [1.807, 2.05) is 20.8 Å². The molecule has 0 saturated carbocycles. The zero-order valence-electron chi connectivity index (χ0n) is 13.7. The molecule has 0 amide bonds. The van der Waals surface area contributed by atoms with E-state index < -0.39 is 11.6 Å². The topological polar surface area (TPSA) is 84.9 Å². The van der Waals surface area contributed by atoms with E-state index in [-0.39, 0.29) is 12.5 Å². The van der Waals surface area contributed by atoms with Crippen molar-refractivity contribution >= 4 is 18.0 Å². The van der Waals surface area contributed by atoms with E-state index in [2.05, 4.69) is 5.32 Å². The maximum absolute atomic E-state index is 11.5. The lowest BCUT2D eigenvalue weighted by atomic mass is 10.2. The maximum Gasteiger partial charge on any atom is 0.328 e. The standard InChI is InChI=1S/C17H23NO5/c1-17(2,3)23-16(21)12-18-10-11-22-14-7-4-13(5-8-14)6-9-15(19)20/h4-9,18H,10-12H2,1-3H3,(H,19,20). The lowest BCUT2D eigenvalue weighted by Gasteiger charge is -2.19. The van der Waals surface area contributed by atoms with Crippen LogP contribution in [0.15, 0.2) is 30.3 Å². The molecule has 23 heavy (non-hydrogen) atoms. The van der Waals surface area contributed by atoms with Crippen molar-refractivity contribution in [2.75, 3.05) is 19.7 Å². The smallest absolute Gasteiger partial charge is 0.328 e. The minimum atomic E-state index is -0.985. The Balaban J connectivity index is 2.23. The summed E-state index contributed by atoms with van der Waals surface area (Å²) < 4.78 is 10.7. The summed E-state index contributed by atoms with van der Waals surface area (Å²) in [6, 6.07) is 7.05. The van der Waals surface area contributed by atoms with Gasteiger partial charge in [-0.1, -0.05) is 12.1 Å². The van der Waals surface area contributed by atoms with Crippen LogP contribution in [0.4, 0.5) is 0 Å². The van der Waals surface area contributed by atoms with Gasteiger partial charge in [0.05, 0.1) is 6.54 Å². The third-order valence-electron chi connectivity index (χ3n) is 2.54. The summed E-state index contributed by atoms with van der Waals surface area (Å²) >= 11 is 0. The van der Waals surface area contributed by atoms with Gasteiger partial charge in [0.25, 0.3) is 0 Å². The molecule has 6 nitrogen and oxygen atoms in total. The van der Waals surface area contributed by atoms with Gasteiger partial charge in [-0.05, 0) is 44.5 Å². The third-order valence-corrected chi connectivity index (χ3v) is 2.54. The van der Waals surface area contributed by atoms with Crippen LogP contribution in [0.5, 0.6) is 5.75 Å². The number of rotatable bonds is 8. The molecular formula is C17H23NO5. The molecule has 2 N–H and O–H groups in total. The number of hydrogen-bond donors (Lipinski definition) is 2. The van der Waals surface area contributed by atoms with Crippen molar-refractivity contribution in [3.8, 4) is 5.75 Å². The number of ether oxygens (including phenoxy) is 2. The summed E-state index contributed by atoms with van der Waals surface area (Å²) in [6.07, 6.45) is 2.59. The number of benzene rings is 1. The zero-order valence-corrected chi connectivity index (χ0v) is 13.7. The van der Waals surface area contributed by atoms with Gasteiger partial charge in [-0.25, -0.2) is 4.79 Å². The van der Waals surface area contributed by atoms with Gasteiger partial charge in [0.1, 0.15) is 18.0 Å². The predicted molar refractivity (Wildman–Crippen MR) is 87.3 cm³/mol. The zero-order chi connectivity index (χ0) is 17.3. The molecule has 0 heterocycles. The summed E-state index contributed by atoms with van der Waals surface area (Å²) in [6.45, 7) is 6.53. The molecule has 126 valence electrons. The fraction of sp³-hybridized carbons (Fsp3) is 0.412. The molecular weight excluding hydrogens is 298 g/mol. The normalized spacial score (nSPS) is 11.4. The van der Waals surface area contributed by atoms with Gasteiger partial charge < -0.3 is 19.9 Å². The number of esters is 1. The molecule has 0 spiro atoms. The number of aliphatic carboxylic acids is 1. The Hall–Kier alpha value is -2.34. The second-order valence-corrected chi connectivity index (χ2v) is 5.85. The van der Waals surface area contributed by atoms with Crippen LogP contribution in [0.3, 0.4) is 0 Å². The molecule has 6 heteroatoms. The first-order chi connectivity index (χ1) is 10.8. The highest BCUT2D eigenvalue weighted by Crippen LogP contribution is 2.13. The molecule has 0 radical (unpaired) electrons. The second kappa shape index (κ2) is 8.95. The average Bonchev–Trinajstić information content (AvgIpc) is 2.44. The minimum absolute atomic E-state index is 0.138. The van der Waals surface area contributed by atoms with Gasteiger partial charge in [0.15, 0.2) is 0 Å². The maximum atomic E-state index is 11.5. The highest BCUT2D eigenvalue weighted by molar-refractivity contribution is 5.85. The van der Waals surface area contributed by atoms with Gasteiger partial charge in [-0.2, -0.15) is 0 Å². The molecule has 0 unspecified atom stereocenters. The molecule has 0 fully saturated rings. The predicted octanol–water partition coefficient (Wildman–Crippen LogP) is 2.09. The number of carbonyl (C=O) groups excluding carboxylic acids is 1. The van der Waals surface area contributed by atoms with Gasteiger partial charge >= 0.3 is 11.9 Å². The molecule has 0 aromatic heterocycles. The van der Waals surface area contributed by atoms with Crippen LogP contribution in [0.2, 0.25) is 0 Å². The molecule has 1 rings (SSSR count). The minimum Gasteiger partial charge on any atom is -0.492 e. The summed E-state index contributed by atoms with van der Waals surface area (Å²) in [4.78, 5) is 21.9. The monoisotopic (exact) mass is 321 g/mol. The van der Waals surface area contributed by atoms with Crippen LogP contribution in [-0.2, 0) is 14.3 Å². The van der Waals surface area contributed by atoms with Crippen LogP contribution in [0.1, 0.15) is 26.3 Å². The Bertz CT molecular complexity index is 543. The van der Waals surface area contributed by atoms with Crippen molar-refractivity contribution in [1.82, 2.24) is 5.32 Å². The Morgan fingerprint density at radius 2 is 1.87 bits per heavy atom. The van der Waals surface area contributed by atoms with Crippen molar-refractivity contribution in [2.24, 2.45) is 0 Å². The van der Waals surface area contributed by atoms with Crippen LogP contribution < -0.4 is 10.1 Å². The lowest BCUT2D eigenvalue weighted by molar-refractivity contribution is -0.153. The van der Waals surface area contributed by atoms with Gasteiger partial charge in [-0.3, -0.25) is 4.79 Å². The van der Waals surface area contributed by atoms with Crippen LogP contribution in [0.25, 0.3) is 6.08 Å². The van der Waals surface area contributed by atoms with E-state index in [0.29, 0.717) is 18.9 Å². The molecule has 0 bridgehead atoms. The molecule has 0 atom stereocenters. The van der Waals surface area contributed by atoms with Crippen molar-refractivity contribution in [3.05, 3.63) is 35.9 Å². The highest BCUT2D eigenvalue weighted by atomic mass is 16.6. The van der Waals surface area contributed by atoms with E-state index in [0.717, 1.165) is 11.6 Å². The van der Waals surface area contributed by atoms with Crippen molar-refractivity contribution in [1.29, 1.82) is 0 Å². The number of carbonyl (C=O) groups is 2. The Morgan fingerprint density at radius 3 is 2.43 bits per heavy atom. The molecule has 1 aromatic rings. The quantitative estimate of drug-likeness (QED) is 0.433. The van der Waals surface area contributed by atoms with Crippen molar-refractivity contribution in [2.45, 2.75) is 26.4 Å². The molecule has 0 saturated heterocycles. The number of carboxylic acid groups (broad SMARTS) is 1. The van der Waals surface area contributed by atoms with Crippen LogP contribution in [-0.4, -0.2) is 42.3 Å². The van der Waals surface area contributed by atoms with Gasteiger partial charge in [0.2, 0.25) is 0 Å². The largest absolute Gasteiger partial charge is 0.492 e. The number of nitrogens with one attached hydrogen (secondary N) is 1. The van der Waals surface area contributed by atoms with Crippen molar-refractivity contribution < 1.29 is 24.2 Å². The van der Waals surface area contributed by atoms with E-state index in [9.17, 15) is 9.59 Å². The Kier molecular flexibility index (Phi) is 7.28. The SMILES string of the molecule is CC(C)(C)OC(=O)CNCCOc1ccc(C=CC(=O)O)cc1. The number of hydrogen-bond acceptors (Lipinski definition) is 5. The molecule has 1 aromatic carbocycles. The summed E-state index contributed by atoms with van der Waals surface area (Å²) in [5.74, 6) is -0.606. The van der Waals surface area contributed by atoms with Crippen LogP contribution in [0, 0.1) is 0 Å². The first-order valence-electron chi connectivity index (χ1n) is 7.33. The van der Waals surface area contributed by atoms with Gasteiger partial charge in [-0.15, -0.1) is 0 Å². The summed E-state index contributed by atoms with van der Waals surface area (Å²) in [5.41, 5.74) is 0.300. The molecule has 0 aliphatic heterocycles.